The minimum Gasteiger partial charge on any atom is -0.315 e. The zero-order valence-corrected chi connectivity index (χ0v) is 6.40. The maximum Gasteiger partial charge on any atom is 0.254 e. The first kappa shape index (κ1) is 7.03. The molecule has 3 nitrogen and oxygen atoms in total. The van der Waals surface area contributed by atoms with Gasteiger partial charge < -0.3 is 5.32 Å². The third kappa shape index (κ3) is 1.09. The normalized spacial score (nSPS) is 21.0. The smallest absolute Gasteiger partial charge is 0.254 e. The molecule has 0 unspecified atom stereocenters. The van der Waals surface area contributed by atoms with Crippen LogP contribution >= 0.6 is 0 Å². The molecule has 2 rings (SSSR count). The Balaban J connectivity index is 2.31. The summed E-state index contributed by atoms with van der Waals surface area (Å²) in [6.45, 7) is 0. The highest BCUT2D eigenvalue weighted by atomic mass is 16.2. The molecule has 12 heavy (non-hydrogen) atoms. The molecule has 1 aliphatic heterocycles. The van der Waals surface area contributed by atoms with Crippen molar-refractivity contribution in [1.82, 2.24) is 5.32 Å². The molecule has 0 aliphatic carbocycles. The van der Waals surface area contributed by atoms with Crippen LogP contribution in [0.15, 0.2) is 35.3 Å². The molecule has 1 atom stereocenters. The molecule has 1 aliphatic rings. The van der Waals surface area contributed by atoms with Crippen molar-refractivity contribution in [3.8, 4) is 0 Å². The first-order valence-corrected chi connectivity index (χ1v) is 3.75. The molecule has 1 heterocycles. The van der Waals surface area contributed by atoms with E-state index in [1.165, 1.54) is 6.34 Å². The van der Waals surface area contributed by atoms with Gasteiger partial charge in [0.05, 0.1) is 6.34 Å². The number of benzene rings is 1. The summed E-state index contributed by atoms with van der Waals surface area (Å²) in [6, 6.07) is 9.17. The molecule has 1 aromatic carbocycles. The molecular formula is C9H8N2O. The Morgan fingerprint density at radius 1 is 1.25 bits per heavy atom. The van der Waals surface area contributed by atoms with Crippen molar-refractivity contribution in [3.63, 3.8) is 0 Å². The minimum atomic E-state index is -0.341. The largest absolute Gasteiger partial charge is 0.315 e. The number of amides is 1. The van der Waals surface area contributed by atoms with Gasteiger partial charge in [-0.25, -0.2) is 0 Å². The van der Waals surface area contributed by atoms with E-state index in [1.807, 2.05) is 30.3 Å². The molecule has 3 heteroatoms. The zero-order valence-electron chi connectivity index (χ0n) is 6.40. The van der Waals surface area contributed by atoms with Gasteiger partial charge in [0.2, 0.25) is 0 Å². The van der Waals surface area contributed by atoms with E-state index in [9.17, 15) is 4.79 Å². The molecule has 0 radical (unpaired) electrons. The van der Waals surface area contributed by atoms with Gasteiger partial charge in [0.25, 0.3) is 5.91 Å². The Bertz CT molecular complexity index is 319. The predicted octanol–water partition coefficient (Wildman–Crippen LogP) is 0.886. The maximum absolute atomic E-state index is 11.1. The molecule has 0 aromatic heterocycles. The number of aliphatic imine (C=N–C) groups is 1. The van der Waals surface area contributed by atoms with E-state index in [4.69, 9.17) is 0 Å². The topological polar surface area (TPSA) is 41.5 Å². The SMILES string of the molecule is O=C1NC=N[C@H]1c1ccccc1. The number of carbonyl (C=O) groups is 1. The maximum atomic E-state index is 11.1. The summed E-state index contributed by atoms with van der Waals surface area (Å²) in [6.07, 6.45) is 1.44. The number of rotatable bonds is 1. The van der Waals surface area contributed by atoms with E-state index >= 15 is 0 Å². The van der Waals surface area contributed by atoms with Crippen LogP contribution in [0.5, 0.6) is 0 Å². The van der Waals surface area contributed by atoms with E-state index in [0.717, 1.165) is 5.56 Å². The van der Waals surface area contributed by atoms with Crippen molar-refractivity contribution in [1.29, 1.82) is 0 Å². The first-order valence-electron chi connectivity index (χ1n) is 3.75. The third-order valence-corrected chi connectivity index (χ3v) is 1.79. The van der Waals surface area contributed by atoms with Crippen LogP contribution in [-0.2, 0) is 4.79 Å². The number of hydrogen-bond donors (Lipinski definition) is 1. The summed E-state index contributed by atoms with van der Waals surface area (Å²) < 4.78 is 0. The van der Waals surface area contributed by atoms with E-state index in [1.54, 1.807) is 0 Å². The van der Waals surface area contributed by atoms with Gasteiger partial charge in [-0.15, -0.1) is 0 Å². The molecule has 1 aromatic rings. The molecule has 0 bridgehead atoms. The fourth-order valence-corrected chi connectivity index (χ4v) is 1.19. The molecule has 1 amide bonds. The molecule has 0 fully saturated rings. The van der Waals surface area contributed by atoms with Crippen molar-refractivity contribution in [2.45, 2.75) is 6.04 Å². The lowest BCUT2D eigenvalue weighted by Crippen LogP contribution is -2.19. The second-order valence-corrected chi connectivity index (χ2v) is 2.60. The second-order valence-electron chi connectivity index (χ2n) is 2.60. The molecule has 1 N–H and O–H groups in total. The van der Waals surface area contributed by atoms with Crippen LogP contribution in [0.4, 0.5) is 0 Å². The van der Waals surface area contributed by atoms with Gasteiger partial charge in [0.15, 0.2) is 6.04 Å². The summed E-state index contributed by atoms with van der Waals surface area (Å²) in [5, 5.41) is 2.54. The van der Waals surface area contributed by atoms with E-state index < -0.39 is 0 Å². The molecule has 0 spiro atoms. The number of nitrogens with zero attached hydrogens (tertiary/aromatic N) is 1. The molecule has 0 saturated carbocycles. The van der Waals surface area contributed by atoms with E-state index in [0.29, 0.717) is 0 Å². The Morgan fingerprint density at radius 2 is 2.00 bits per heavy atom. The van der Waals surface area contributed by atoms with Gasteiger partial charge in [0.1, 0.15) is 0 Å². The number of carbonyl (C=O) groups excluding carboxylic acids is 1. The summed E-state index contributed by atoms with van der Waals surface area (Å²) in [5.41, 5.74) is 0.934. The van der Waals surface area contributed by atoms with Crippen molar-refractivity contribution in [3.05, 3.63) is 35.9 Å². The lowest BCUT2D eigenvalue weighted by molar-refractivity contribution is -0.120. The average Bonchev–Trinajstić information content (AvgIpc) is 2.53. The van der Waals surface area contributed by atoms with Crippen molar-refractivity contribution in [2.75, 3.05) is 0 Å². The van der Waals surface area contributed by atoms with E-state index in [2.05, 4.69) is 10.3 Å². The summed E-state index contributed by atoms with van der Waals surface area (Å²) >= 11 is 0. The highest BCUT2D eigenvalue weighted by Gasteiger charge is 2.21. The standard InChI is InChI=1S/C9H8N2O/c12-9-8(10-6-11-9)7-4-2-1-3-5-7/h1-6,8H,(H,10,11,12)/t8-/m0/s1. The van der Waals surface area contributed by atoms with Gasteiger partial charge >= 0.3 is 0 Å². The number of nitrogens with one attached hydrogen (secondary N) is 1. The minimum absolute atomic E-state index is 0.0544. The van der Waals surface area contributed by atoms with Crippen LogP contribution in [0.2, 0.25) is 0 Å². The average molecular weight is 160 g/mol. The third-order valence-electron chi connectivity index (χ3n) is 1.79. The Labute approximate surface area is 70.1 Å². The van der Waals surface area contributed by atoms with Gasteiger partial charge in [-0.3, -0.25) is 9.79 Å². The van der Waals surface area contributed by atoms with Crippen LogP contribution < -0.4 is 5.32 Å². The fraction of sp³-hybridized carbons (Fsp3) is 0.111. The van der Waals surface area contributed by atoms with Crippen LogP contribution in [0.25, 0.3) is 0 Å². The quantitative estimate of drug-likeness (QED) is 0.651. The van der Waals surface area contributed by atoms with Crippen LogP contribution in [0, 0.1) is 0 Å². The highest BCUT2D eigenvalue weighted by Crippen LogP contribution is 2.18. The lowest BCUT2D eigenvalue weighted by atomic mass is 10.1. The summed E-state index contributed by atoms with van der Waals surface area (Å²) in [5.74, 6) is -0.0544. The Morgan fingerprint density at radius 3 is 2.58 bits per heavy atom. The van der Waals surface area contributed by atoms with Crippen LogP contribution in [0.1, 0.15) is 11.6 Å². The molecule has 0 saturated heterocycles. The second kappa shape index (κ2) is 2.77. The van der Waals surface area contributed by atoms with Crippen molar-refractivity contribution >= 4 is 12.2 Å². The predicted molar refractivity (Wildman–Crippen MR) is 45.8 cm³/mol. The fourth-order valence-electron chi connectivity index (χ4n) is 1.19. The highest BCUT2D eigenvalue weighted by molar-refractivity contribution is 5.97. The van der Waals surface area contributed by atoms with Gasteiger partial charge in [-0.05, 0) is 5.56 Å². The van der Waals surface area contributed by atoms with Gasteiger partial charge in [-0.1, -0.05) is 30.3 Å². The molecular weight excluding hydrogens is 152 g/mol. The van der Waals surface area contributed by atoms with Crippen molar-refractivity contribution < 1.29 is 4.79 Å². The first-order chi connectivity index (χ1) is 5.88. The van der Waals surface area contributed by atoms with Crippen LogP contribution in [0.3, 0.4) is 0 Å². The van der Waals surface area contributed by atoms with Crippen molar-refractivity contribution in [2.24, 2.45) is 4.99 Å². The lowest BCUT2D eigenvalue weighted by Gasteiger charge is -2.03. The van der Waals surface area contributed by atoms with Gasteiger partial charge in [-0.2, -0.15) is 0 Å². The van der Waals surface area contributed by atoms with E-state index in [-0.39, 0.29) is 11.9 Å². The monoisotopic (exact) mass is 160 g/mol. The summed E-state index contributed by atoms with van der Waals surface area (Å²) in [7, 11) is 0. The number of hydrogen-bond acceptors (Lipinski definition) is 2. The van der Waals surface area contributed by atoms with Crippen LogP contribution in [-0.4, -0.2) is 12.2 Å². The zero-order chi connectivity index (χ0) is 8.39. The molecule has 60 valence electrons. The summed E-state index contributed by atoms with van der Waals surface area (Å²) in [4.78, 5) is 15.1. The Hall–Kier alpha value is -1.64. The van der Waals surface area contributed by atoms with Gasteiger partial charge in [0, 0.05) is 0 Å². The Kier molecular flexibility index (Phi) is 1.63.